The molecule has 84 valence electrons. The van der Waals surface area contributed by atoms with Crippen molar-refractivity contribution in [1.29, 1.82) is 5.41 Å². The molecule has 2 rings (SSSR count). The number of hydrogen-bond acceptors (Lipinski definition) is 4. The molecule has 0 saturated heterocycles. The van der Waals surface area contributed by atoms with E-state index in [0.29, 0.717) is 11.1 Å². The molecule has 2 aromatic rings. The quantitative estimate of drug-likeness (QED) is 0.597. The Morgan fingerprint density at radius 3 is 1.94 bits per heavy atom. The van der Waals surface area contributed by atoms with E-state index in [0.717, 1.165) is 0 Å². The lowest BCUT2D eigenvalue weighted by molar-refractivity contribution is 0.0977. The third-order valence-corrected chi connectivity index (χ3v) is 2.15. The molecule has 2 aromatic heterocycles. The van der Waals surface area contributed by atoms with Crippen LogP contribution in [0.3, 0.4) is 0 Å². The van der Waals surface area contributed by atoms with Crippen molar-refractivity contribution in [2.24, 2.45) is 0 Å². The van der Waals surface area contributed by atoms with Gasteiger partial charge < -0.3 is 5.32 Å². The highest BCUT2D eigenvalue weighted by Gasteiger charge is 2.08. The lowest BCUT2D eigenvalue weighted by Crippen LogP contribution is -2.30. The molecule has 0 aliphatic carbocycles. The van der Waals surface area contributed by atoms with Crippen molar-refractivity contribution in [3.63, 3.8) is 0 Å². The molecule has 0 atom stereocenters. The Labute approximate surface area is 98.1 Å². The van der Waals surface area contributed by atoms with E-state index in [9.17, 15) is 4.79 Å². The third-order valence-electron chi connectivity index (χ3n) is 2.15. The van der Waals surface area contributed by atoms with Gasteiger partial charge >= 0.3 is 0 Å². The lowest BCUT2D eigenvalue weighted by Gasteiger charge is -2.06. The summed E-state index contributed by atoms with van der Waals surface area (Å²) >= 11 is 0. The average molecular weight is 226 g/mol. The number of carbonyl (C=O) groups excluding carboxylic acids is 1. The van der Waals surface area contributed by atoms with Crippen LogP contribution in [0.25, 0.3) is 0 Å². The van der Waals surface area contributed by atoms with Crippen molar-refractivity contribution in [2.75, 3.05) is 0 Å². The molecule has 2 N–H and O–H groups in total. The van der Waals surface area contributed by atoms with Gasteiger partial charge in [0, 0.05) is 35.9 Å². The van der Waals surface area contributed by atoms with Crippen LogP contribution in [-0.4, -0.2) is 21.7 Å². The highest BCUT2D eigenvalue weighted by molar-refractivity contribution is 6.11. The van der Waals surface area contributed by atoms with Gasteiger partial charge in [0.25, 0.3) is 5.91 Å². The fourth-order valence-electron chi connectivity index (χ4n) is 1.28. The molecule has 5 heteroatoms. The van der Waals surface area contributed by atoms with Crippen LogP contribution in [0, 0.1) is 5.41 Å². The normalized spacial score (nSPS) is 9.65. The molecule has 0 aliphatic heterocycles. The van der Waals surface area contributed by atoms with Crippen LogP contribution in [0.15, 0.2) is 49.1 Å². The largest absolute Gasteiger partial charge is 0.307 e. The molecular formula is C12H10N4O. The zero-order valence-corrected chi connectivity index (χ0v) is 8.92. The highest BCUT2D eigenvalue weighted by atomic mass is 16.1. The maximum Gasteiger partial charge on any atom is 0.256 e. The van der Waals surface area contributed by atoms with Crippen LogP contribution in [0.2, 0.25) is 0 Å². The van der Waals surface area contributed by atoms with Gasteiger partial charge in [0.2, 0.25) is 0 Å². The minimum absolute atomic E-state index is 0.0502. The number of nitrogens with zero attached hydrogens (tertiary/aromatic N) is 2. The summed E-state index contributed by atoms with van der Waals surface area (Å²) in [5.74, 6) is -0.275. The minimum atomic E-state index is -0.325. The van der Waals surface area contributed by atoms with Crippen molar-refractivity contribution in [1.82, 2.24) is 15.3 Å². The molecule has 0 saturated carbocycles. The standard InChI is InChI=1S/C12H10N4O/c13-11(9-1-5-14-6-2-9)16-12(17)10-3-7-15-8-4-10/h1-8H,(H2,13,16,17). The van der Waals surface area contributed by atoms with Gasteiger partial charge in [-0.2, -0.15) is 0 Å². The fourth-order valence-corrected chi connectivity index (χ4v) is 1.28. The van der Waals surface area contributed by atoms with Crippen LogP contribution in [0.1, 0.15) is 15.9 Å². The minimum Gasteiger partial charge on any atom is -0.307 e. The second-order valence-electron chi connectivity index (χ2n) is 3.30. The van der Waals surface area contributed by atoms with Gasteiger partial charge in [0.1, 0.15) is 5.84 Å². The van der Waals surface area contributed by atoms with Crippen molar-refractivity contribution >= 4 is 11.7 Å². The topological polar surface area (TPSA) is 78.7 Å². The molecule has 17 heavy (non-hydrogen) atoms. The van der Waals surface area contributed by atoms with E-state index in [1.54, 1.807) is 36.7 Å². The van der Waals surface area contributed by atoms with Gasteiger partial charge in [-0.1, -0.05) is 0 Å². The van der Waals surface area contributed by atoms with Crippen LogP contribution in [0.5, 0.6) is 0 Å². The number of nitrogens with one attached hydrogen (secondary N) is 2. The maximum atomic E-state index is 11.7. The average Bonchev–Trinajstić information content (AvgIpc) is 2.40. The predicted octanol–water partition coefficient (Wildman–Crippen LogP) is 1.23. The first-order chi connectivity index (χ1) is 8.27. The third kappa shape index (κ3) is 2.72. The number of aromatic nitrogens is 2. The Bertz CT molecular complexity index is 475. The summed E-state index contributed by atoms with van der Waals surface area (Å²) in [5, 5.41) is 10.2. The summed E-state index contributed by atoms with van der Waals surface area (Å²) in [7, 11) is 0. The zero-order chi connectivity index (χ0) is 12.1. The summed E-state index contributed by atoms with van der Waals surface area (Å²) in [6, 6.07) is 6.51. The number of pyridine rings is 2. The van der Waals surface area contributed by atoms with Gasteiger partial charge in [-0.05, 0) is 24.3 Å². The van der Waals surface area contributed by atoms with Crippen LogP contribution >= 0.6 is 0 Å². The van der Waals surface area contributed by atoms with E-state index in [-0.39, 0.29) is 11.7 Å². The number of hydrogen-bond donors (Lipinski definition) is 2. The summed E-state index contributed by atoms with van der Waals surface area (Å²) < 4.78 is 0. The van der Waals surface area contributed by atoms with Gasteiger partial charge in [0.15, 0.2) is 0 Å². The number of amidine groups is 1. The molecule has 0 bridgehead atoms. The molecule has 2 heterocycles. The monoisotopic (exact) mass is 226 g/mol. The van der Waals surface area contributed by atoms with Crippen molar-refractivity contribution < 1.29 is 4.79 Å². The molecule has 0 spiro atoms. The summed E-state index contributed by atoms with van der Waals surface area (Å²) in [4.78, 5) is 19.4. The van der Waals surface area contributed by atoms with Gasteiger partial charge in [-0.3, -0.25) is 20.2 Å². The molecule has 0 fully saturated rings. The van der Waals surface area contributed by atoms with E-state index >= 15 is 0 Å². The molecule has 0 aromatic carbocycles. The predicted molar refractivity (Wildman–Crippen MR) is 62.8 cm³/mol. The van der Waals surface area contributed by atoms with Gasteiger partial charge in [0.05, 0.1) is 0 Å². The van der Waals surface area contributed by atoms with E-state index < -0.39 is 0 Å². The Balaban J connectivity index is 2.08. The first-order valence-electron chi connectivity index (χ1n) is 4.97. The van der Waals surface area contributed by atoms with E-state index in [1.807, 2.05) is 0 Å². The molecule has 5 nitrogen and oxygen atoms in total. The maximum absolute atomic E-state index is 11.7. The summed E-state index contributed by atoms with van der Waals surface area (Å²) in [6.07, 6.45) is 6.21. The number of carbonyl (C=O) groups is 1. The molecule has 1 amide bonds. The lowest BCUT2D eigenvalue weighted by atomic mass is 10.2. The van der Waals surface area contributed by atoms with E-state index in [2.05, 4.69) is 15.3 Å². The Morgan fingerprint density at radius 2 is 1.41 bits per heavy atom. The molecule has 0 unspecified atom stereocenters. The first kappa shape index (κ1) is 10.9. The van der Waals surface area contributed by atoms with Crippen LogP contribution in [0.4, 0.5) is 0 Å². The molecular weight excluding hydrogens is 216 g/mol. The van der Waals surface area contributed by atoms with Gasteiger partial charge in [-0.15, -0.1) is 0 Å². The highest BCUT2D eigenvalue weighted by Crippen LogP contribution is 1.99. The van der Waals surface area contributed by atoms with Crippen LogP contribution < -0.4 is 5.32 Å². The van der Waals surface area contributed by atoms with E-state index in [4.69, 9.17) is 5.41 Å². The van der Waals surface area contributed by atoms with Gasteiger partial charge in [-0.25, -0.2) is 0 Å². The second kappa shape index (κ2) is 4.98. The molecule has 0 radical (unpaired) electrons. The Hall–Kier alpha value is -2.56. The smallest absolute Gasteiger partial charge is 0.256 e. The summed E-state index contributed by atoms with van der Waals surface area (Å²) in [6.45, 7) is 0. The first-order valence-corrected chi connectivity index (χ1v) is 4.97. The fraction of sp³-hybridized carbons (Fsp3) is 0. The second-order valence-corrected chi connectivity index (χ2v) is 3.30. The van der Waals surface area contributed by atoms with E-state index in [1.165, 1.54) is 12.4 Å². The van der Waals surface area contributed by atoms with Crippen molar-refractivity contribution in [3.05, 3.63) is 60.2 Å². The summed E-state index contributed by atoms with van der Waals surface area (Å²) in [5.41, 5.74) is 1.08. The number of amides is 1. The zero-order valence-electron chi connectivity index (χ0n) is 8.92. The van der Waals surface area contributed by atoms with Crippen molar-refractivity contribution in [3.8, 4) is 0 Å². The Morgan fingerprint density at radius 1 is 0.941 bits per heavy atom. The SMILES string of the molecule is N=C(NC(=O)c1ccncc1)c1ccncc1. The van der Waals surface area contributed by atoms with Crippen molar-refractivity contribution in [2.45, 2.75) is 0 Å². The Kier molecular flexibility index (Phi) is 3.20. The number of rotatable bonds is 2. The van der Waals surface area contributed by atoms with Crippen LogP contribution in [-0.2, 0) is 0 Å². The molecule has 0 aliphatic rings.